The molecular formula is C12H9IN2O4S2. The van der Waals surface area contributed by atoms with Crippen molar-refractivity contribution >= 4 is 68.6 Å². The van der Waals surface area contributed by atoms with Crippen LogP contribution < -0.4 is 0 Å². The number of amides is 1. The van der Waals surface area contributed by atoms with Crippen LogP contribution in [0.15, 0.2) is 17.0 Å². The molecular weight excluding hydrogens is 427 g/mol. The quantitative estimate of drug-likeness (QED) is 0.258. The highest BCUT2D eigenvalue weighted by Crippen LogP contribution is 2.36. The van der Waals surface area contributed by atoms with Crippen LogP contribution in [0.4, 0.5) is 5.69 Å². The molecule has 0 atom stereocenters. The summed E-state index contributed by atoms with van der Waals surface area (Å²) >= 11 is 8.01. The molecule has 0 spiro atoms. The third-order valence-electron chi connectivity index (χ3n) is 2.76. The summed E-state index contributed by atoms with van der Waals surface area (Å²) < 4.78 is 0.785. The number of aromatic hydroxyl groups is 1. The number of hydrogen-bond donors (Lipinski definition) is 1. The van der Waals surface area contributed by atoms with Crippen LogP contribution >= 0.6 is 46.6 Å². The van der Waals surface area contributed by atoms with Gasteiger partial charge in [-0.05, 0) is 35.6 Å². The lowest BCUT2D eigenvalue weighted by atomic mass is 10.1. The van der Waals surface area contributed by atoms with Crippen LogP contribution in [0.3, 0.4) is 0 Å². The molecule has 0 saturated carbocycles. The Morgan fingerprint density at radius 1 is 1.57 bits per heavy atom. The maximum absolute atomic E-state index is 12.1. The highest BCUT2D eigenvalue weighted by atomic mass is 127. The Morgan fingerprint density at radius 3 is 2.76 bits per heavy atom. The Bertz CT molecular complexity index is 690. The average Bonchev–Trinajstić information content (AvgIpc) is 2.68. The second-order valence-electron chi connectivity index (χ2n) is 4.05. The molecule has 2 rings (SSSR count). The van der Waals surface area contributed by atoms with E-state index >= 15 is 0 Å². The SMILES string of the molecule is CCN1C(=O)/C(=C/c2cc([N+](=O)[O-])cc(I)c2O)SC1=S. The second-order valence-corrected chi connectivity index (χ2v) is 6.89. The van der Waals surface area contributed by atoms with Gasteiger partial charge < -0.3 is 5.11 Å². The van der Waals surface area contributed by atoms with E-state index in [0.29, 0.717) is 19.3 Å². The number of hydrogen-bond acceptors (Lipinski definition) is 6. The number of phenolic OH excluding ortho intramolecular Hbond substituents is 1. The maximum atomic E-state index is 12.1. The van der Waals surface area contributed by atoms with E-state index in [1.807, 2.05) is 6.92 Å². The number of rotatable bonds is 3. The molecule has 0 bridgehead atoms. The zero-order valence-corrected chi connectivity index (χ0v) is 14.5. The molecule has 0 unspecified atom stereocenters. The number of thioether (sulfide) groups is 1. The Hall–Kier alpha value is -1.20. The average molecular weight is 436 g/mol. The van der Waals surface area contributed by atoms with Gasteiger partial charge in [0.25, 0.3) is 11.6 Å². The minimum absolute atomic E-state index is 0.0945. The fourth-order valence-corrected chi connectivity index (χ4v) is 3.74. The van der Waals surface area contributed by atoms with Gasteiger partial charge in [0.05, 0.1) is 13.4 Å². The van der Waals surface area contributed by atoms with Gasteiger partial charge in [-0.15, -0.1) is 0 Å². The molecule has 1 fully saturated rings. The molecule has 110 valence electrons. The van der Waals surface area contributed by atoms with Gasteiger partial charge in [0.2, 0.25) is 0 Å². The molecule has 0 aliphatic carbocycles. The van der Waals surface area contributed by atoms with Crippen molar-refractivity contribution in [2.75, 3.05) is 6.54 Å². The van der Waals surface area contributed by atoms with Gasteiger partial charge in [0.15, 0.2) is 0 Å². The van der Waals surface area contributed by atoms with E-state index in [-0.39, 0.29) is 22.9 Å². The summed E-state index contributed by atoms with van der Waals surface area (Å²) in [6.45, 7) is 2.27. The number of nitrogens with zero attached hydrogens (tertiary/aromatic N) is 2. The summed E-state index contributed by atoms with van der Waals surface area (Å²) in [4.78, 5) is 24.2. The van der Waals surface area contributed by atoms with E-state index < -0.39 is 4.92 Å². The van der Waals surface area contributed by atoms with Crippen molar-refractivity contribution < 1.29 is 14.8 Å². The van der Waals surface area contributed by atoms with E-state index in [1.165, 1.54) is 23.1 Å². The number of phenols is 1. The molecule has 1 N–H and O–H groups in total. The van der Waals surface area contributed by atoms with Crippen molar-refractivity contribution in [2.24, 2.45) is 0 Å². The number of halogens is 1. The zero-order valence-electron chi connectivity index (χ0n) is 10.7. The van der Waals surface area contributed by atoms with E-state index in [9.17, 15) is 20.0 Å². The minimum Gasteiger partial charge on any atom is -0.506 e. The predicted molar refractivity (Wildman–Crippen MR) is 93.0 cm³/mol. The van der Waals surface area contributed by atoms with Gasteiger partial charge in [-0.2, -0.15) is 0 Å². The first-order valence-electron chi connectivity index (χ1n) is 5.77. The summed E-state index contributed by atoms with van der Waals surface area (Å²) in [5.41, 5.74) is 0.0830. The van der Waals surface area contributed by atoms with Crippen LogP contribution in [0.1, 0.15) is 12.5 Å². The Labute approximate surface area is 143 Å². The standard InChI is InChI=1S/C12H9IN2O4S2/c1-2-14-11(17)9(21-12(14)20)4-6-3-7(15(18)19)5-8(13)10(6)16/h3-5,16H,2H2,1H3/b9-4-. The van der Waals surface area contributed by atoms with Crippen molar-refractivity contribution in [3.63, 3.8) is 0 Å². The lowest BCUT2D eigenvalue weighted by molar-refractivity contribution is -0.385. The van der Waals surface area contributed by atoms with Gasteiger partial charge in [0, 0.05) is 24.2 Å². The number of carbonyl (C=O) groups is 1. The largest absolute Gasteiger partial charge is 0.506 e. The van der Waals surface area contributed by atoms with Crippen LogP contribution in [0, 0.1) is 13.7 Å². The molecule has 0 radical (unpaired) electrons. The highest BCUT2D eigenvalue weighted by molar-refractivity contribution is 14.1. The Kier molecular flexibility index (Phi) is 4.84. The van der Waals surface area contributed by atoms with Crippen LogP contribution in [0.2, 0.25) is 0 Å². The lowest BCUT2D eigenvalue weighted by Gasteiger charge is -2.09. The normalized spacial score (nSPS) is 16.9. The van der Waals surface area contributed by atoms with Crippen molar-refractivity contribution in [1.82, 2.24) is 4.90 Å². The first-order valence-corrected chi connectivity index (χ1v) is 8.07. The molecule has 6 nitrogen and oxygen atoms in total. The summed E-state index contributed by atoms with van der Waals surface area (Å²) in [5, 5.41) is 20.9. The van der Waals surface area contributed by atoms with Crippen molar-refractivity contribution in [3.05, 3.63) is 36.3 Å². The number of carbonyl (C=O) groups excluding carboxylic acids is 1. The molecule has 1 aliphatic rings. The van der Waals surface area contributed by atoms with Crippen LogP contribution in [-0.4, -0.2) is 31.7 Å². The van der Waals surface area contributed by atoms with Crippen LogP contribution in [0.5, 0.6) is 5.75 Å². The Balaban J connectivity index is 2.48. The molecule has 1 aromatic carbocycles. The van der Waals surface area contributed by atoms with Crippen LogP contribution in [-0.2, 0) is 4.79 Å². The molecule has 0 aromatic heterocycles. The van der Waals surface area contributed by atoms with E-state index in [0.717, 1.165) is 11.8 Å². The third kappa shape index (κ3) is 3.19. The summed E-state index contributed by atoms with van der Waals surface area (Å²) in [5.74, 6) is -0.351. The summed E-state index contributed by atoms with van der Waals surface area (Å²) in [7, 11) is 0. The van der Waals surface area contributed by atoms with Crippen molar-refractivity contribution in [3.8, 4) is 5.75 Å². The van der Waals surface area contributed by atoms with E-state index in [4.69, 9.17) is 12.2 Å². The Morgan fingerprint density at radius 2 is 2.24 bits per heavy atom. The summed E-state index contributed by atoms with van der Waals surface area (Å²) in [6, 6.07) is 2.50. The summed E-state index contributed by atoms with van der Waals surface area (Å²) in [6.07, 6.45) is 1.43. The van der Waals surface area contributed by atoms with Crippen molar-refractivity contribution in [1.29, 1.82) is 0 Å². The number of likely N-dealkylation sites (N-methyl/N-ethyl adjacent to an activating group) is 1. The molecule has 1 heterocycles. The number of benzene rings is 1. The van der Waals surface area contributed by atoms with E-state index in [1.54, 1.807) is 22.6 Å². The minimum atomic E-state index is -0.545. The third-order valence-corrected chi connectivity index (χ3v) is 4.96. The zero-order chi connectivity index (χ0) is 15.7. The topological polar surface area (TPSA) is 83.7 Å². The number of nitro groups is 1. The lowest BCUT2D eigenvalue weighted by Crippen LogP contribution is -2.27. The number of thiocarbonyl (C=S) groups is 1. The first-order chi connectivity index (χ1) is 9.85. The molecule has 21 heavy (non-hydrogen) atoms. The fraction of sp³-hybridized carbons (Fsp3) is 0.167. The van der Waals surface area contributed by atoms with Gasteiger partial charge in [-0.25, -0.2) is 0 Å². The fourth-order valence-electron chi connectivity index (χ4n) is 1.73. The molecule has 1 amide bonds. The molecule has 9 heteroatoms. The maximum Gasteiger partial charge on any atom is 0.271 e. The van der Waals surface area contributed by atoms with Crippen LogP contribution in [0.25, 0.3) is 6.08 Å². The molecule has 1 aromatic rings. The van der Waals surface area contributed by atoms with E-state index in [2.05, 4.69) is 0 Å². The predicted octanol–water partition coefficient (Wildman–Crippen LogP) is 3.13. The smallest absolute Gasteiger partial charge is 0.271 e. The first kappa shape index (κ1) is 16.2. The van der Waals surface area contributed by atoms with Gasteiger partial charge in [-0.3, -0.25) is 19.8 Å². The monoisotopic (exact) mass is 436 g/mol. The molecule has 1 aliphatic heterocycles. The number of nitro benzene ring substituents is 1. The van der Waals surface area contributed by atoms with Gasteiger partial charge in [0.1, 0.15) is 10.1 Å². The van der Waals surface area contributed by atoms with Crippen molar-refractivity contribution in [2.45, 2.75) is 6.92 Å². The van der Waals surface area contributed by atoms with Gasteiger partial charge in [-0.1, -0.05) is 24.0 Å². The molecule has 1 saturated heterocycles. The second kappa shape index (κ2) is 6.28. The van der Waals surface area contributed by atoms with Gasteiger partial charge >= 0.3 is 0 Å². The number of non-ortho nitro benzene ring substituents is 1. The highest BCUT2D eigenvalue weighted by Gasteiger charge is 2.31.